The standard InChI is InChI=1S/C14H18BrNO5S/c1-3-20-11(17)6-5-10(14(19)21-4-2)16-13(18)9-7-8-22-12(9)15/h7-8,10H,3-6H2,1-2H3,(H,16,18)/t10-/m0/s1. The Hall–Kier alpha value is -1.41. The molecule has 122 valence electrons. The van der Waals surface area contributed by atoms with E-state index in [1.165, 1.54) is 11.3 Å². The Bertz CT molecular complexity index is 531. The quantitative estimate of drug-likeness (QED) is 0.688. The Kier molecular flexibility index (Phi) is 8.11. The van der Waals surface area contributed by atoms with Gasteiger partial charge in [-0.1, -0.05) is 0 Å². The van der Waals surface area contributed by atoms with Crippen molar-refractivity contribution in [2.24, 2.45) is 0 Å². The summed E-state index contributed by atoms with van der Waals surface area (Å²) in [6.07, 6.45) is 0.160. The lowest BCUT2D eigenvalue weighted by Gasteiger charge is -2.16. The van der Waals surface area contributed by atoms with Crippen LogP contribution in [-0.2, 0) is 19.1 Å². The van der Waals surface area contributed by atoms with E-state index in [9.17, 15) is 14.4 Å². The number of hydrogen-bond donors (Lipinski definition) is 1. The van der Waals surface area contributed by atoms with Gasteiger partial charge in [-0.3, -0.25) is 9.59 Å². The Morgan fingerprint density at radius 3 is 2.50 bits per heavy atom. The van der Waals surface area contributed by atoms with Gasteiger partial charge in [0.1, 0.15) is 6.04 Å². The maximum Gasteiger partial charge on any atom is 0.328 e. The lowest BCUT2D eigenvalue weighted by Crippen LogP contribution is -2.42. The molecule has 1 rings (SSSR count). The zero-order chi connectivity index (χ0) is 16.5. The van der Waals surface area contributed by atoms with Crippen molar-refractivity contribution in [2.75, 3.05) is 13.2 Å². The molecule has 0 aliphatic carbocycles. The van der Waals surface area contributed by atoms with Gasteiger partial charge in [-0.05, 0) is 47.6 Å². The highest BCUT2D eigenvalue weighted by molar-refractivity contribution is 9.11. The fourth-order valence-corrected chi connectivity index (χ4v) is 2.93. The second kappa shape index (κ2) is 9.58. The van der Waals surface area contributed by atoms with Gasteiger partial charge in [0.05, 0.1) is 22.6 Å². The number of thiophene rings is 1. The number of hydrogen-bond acceptors (Lipinski definition) is 6. The molecule has 1 amide bonds. The second-order valence-electron chi connectivity index (χ2n) is 4.23. The first-order valence-corrected chi connectivity index (χ1v) is 8.52. The van der Waals surface area contributed by atoms with Gasteiger partial charge in [0.15, 0.2) is 0 Å². The Labute approximate surface area is 141 Å². The van der Waals surface area contributed by atoms with Crippen LogP contribution in [-0.4, -0.2) is 37.1 Å². The van der Waals surface area contributed by atoms with E-state index in [4.69, 9.17) is 9.47 Å². The SMILES string of the molecule is CCOC(=O)CC[C@H](NC(=O)c1ccsc1Br)C(=O)OCC. The van der Waals surface area contributed by atoms with Crippen molar-refractivity contribution in [1.29, 1.82) is 0 Å². The zero-order valence-electron chi connectivity index (χ0n) is 12.4. The van der Waals surface area contributed by atoms with E-state index in [1.807, 2.05) is 0 Å². The van der Waals surface area contributed by atoms with Crippen LogP contribution in [0.2, 0.25) is 0 Å². The second-order valence-corrected chi connectivity index (χ2v) is 6.46. The monoisotopic (exact) mass is 391 g/mol. The lowest BCUT2D eigenvalue weighted by atomic mass is 10.1. The van der Waals surface area contributed by atoms with Gasteiger partial charge in [0.25, 0.3) is 5.91 Å². The maximum absolute atomic E-state index is 12.2. The van der Waals surface area contributed by atoms with E-state index in [0.717, 1.165) is 0 Å². The van der Waals surface area contributed by atoms with E-state index < -0.39 is 23.9 Å². The van der Waals surface area contributed by atoms with E-state index in [0.29, 0.717) is 9.35 Å². The van der Waals surface area contributed by atoms with Crippen molar-refractivity contribution in [3.8, 4) is 0 Å². The van der Waals surface area contributed by atoms with Crippen molar-refractivity contribution < 1.29 is 23.9 Å². The Morgan fingerprint density at radius 2 is 1.95 bits per heavy atom. The van der Waals surface area contributed by atoms with Crippen LogP contribution < -0.4 is 5.32 Å². The van der Waals surface area contributed by atoms with Crippen LogP contribution in [0.3, 0.4) is 0 Å². The average Bonchev–Trinajstić information content (AvgIpc) is 2.90. The van der Waals surface area contributed by atoms with Crippen molar-refractivity contribution in [1.82, 2.24) is 5.32 Å². The number of amides is 1. The molecule has 0 unspecified atom stereocenters. The van der Waals surface area contributed by atoms with E-state index >= 15 is 0 Å². The molecule has 6 nitrogen and oxygen atoms in total. The Balaban J connectivity index is 2.69. The predicted molar refractivity (Wildman–Crippen MR) is 85.8 cm³/mol. The molecule has 0 aliphatic rings. The zero-order valence-corrected chi connectivity index (χ0v) is 14.8. The largest absolute Gasteiger partial charge is 0.466 e. The predicted octanol–water partition coefficient (Wildman–Crippen LogP) is 2.52. The summed E-state index contributed by atoms with van der Waals surface area (Å²) in [5.74, 6) is -1.37. The molecular weight excluding hydrogens is 374 g/mol. The van der Waals surface area contributed by atoms with Crippen LogP contribution in [0.5, 0.6) is 0 Å². The van der Waals surface area contributed by atoms with Gasteiger partial charge in [0, 0.05) is 6.42 Å². The van der Waals surface area contributed by atoms with Crippen LogP contribution in [0, 0.1) is 0 Å². The fraction of sp³-hybridized carbons (Fsp3) is 0.500. The molecule has 1 aromatic rings. The molecule has 0 radical (unpaired) electrons. The van der Waals surface area contributed by atoms with Gasteiger partial charge in [-0.2, -0.15) is 0 Å². The molecule has 8 heteroatoms. The van der Waals surface area contributed by atoms with E-state index in [-0.39, 0.29) is 26.1 Å². The number of rotatable bonds is 8. The van der Waals surface area contributed by atoms with Gasteiger partial charge in [-0.15, -0.1) is 11.3 Å². The molecule has 0 saturated heterocycles. The maximum atomic E-state index is 12.2. The van der Waals surface area contributed by atoms with Crippen LogP contribution in [0.4, 0.5) is 0 Å². The van der Waals surface area contributed by atoms with E-state index in [2.05, 4.69) is 21.2 Å². The molecule has 1 atom stereocenters. The summed E-state index contributed by atoms with van der Waals surface area (Å²) >= 11 is 4.64. The van der Waals surface area contributed by atoms with Gasteiger partial charge in [-0.25, -0.2) is 4.79 Å². The minimum atomic E-state index is -0.886. The average molecular weight is 392 g/mol. The first-order chi connectivity index (χ1) is 10.5. The smallest absolute Gasteiger partial charge is 0.328 e. The molecule has 0 aliphatic heterocycles. The third kappa shape index (κ3) is 5.76. The molecule has 1 heterocycles. The van der Waals surface area contributed by atoms with Crippen LogP contribution in [0.1, 0.15) is 37.0 Å². The summed E-state index contributed by atoms with van der Waals surface area (Å²) in [6, 6.07) is 0.765. The van der Waals surface area contributed by atoms with Gasteiger partial charge >= 0.3 is 11.9 Å². The number of nitrogens with one attached hydrogen (secondary N) is 1. The highest BCUT2D eigenvalue weighted by atomic mass is 79.9. The summed E-state index contributed by atoms with van der Waals surface area (Å²) in [7, 11) is 0. The van der Waals surface area contributed by atoms with Crippen molar-refractivity contribution in [2.45, 2.75) is 32.7 Å². The molecule has 22 heavy (non-hydrogen) atoms. The topological polar surface area (TPSA) is 81.7 Å². The van der Waals surface area contributed by atoms with E-state index in [1.54, 1.807) is 25.3 Å². The van der Waals surface area contributed by atoms with Crippen molar-refractivity contribution in [3.63, 3.8) is 0 Å². The molecule has 1 N–H and O–H groups in total. The fourth-order valence-electron chi connectivity index (χ4n) is 1.68. The molecular formula is C14H18BrNO5S. The lowest BCUT2D eigenvalue weighted by molar-refractivity contribution is -0.146. The van der Waals surface area contributed by atoms with Crippen molar-refractivity contribution >= 4 is 45.1 Å². The highest BCUT2D eigenvalue weighted by Gasteiger charge is 2.24. The molecule has 1 aromatic heterocycles. The van der Waals surface area contributed by atoms with Gasteiger partial charge < -0.3 is 14.8 Å². The summed E-state index contributed by atoms with van der Waals surface area (Å²) in [5.41, 5.74) is 0.440. The number of esters is 2. The third-order valence-corrected chi connectivity index (χ3v) is 4.37. The summed E-state index contributed by atoms with van der Waals surface area (Å²) in [4.78, 5) is 35.5. The first-order valence-electron chi connectivity index (χ1n) is 6.85. The summed E-state index contributed by atoms with van der Waals surface area (Å²) < 4.78 is 10.4. The number of carbonyl (C=O) groups excluding carboxylic acids is 3. The highest BCUT2D eigenvalue weighted by Crippen LogP contribution is 2.23. The van der Waals surface area contributed by atoms with Crippen LogP contribution in [0.15, 0.2) is 15.2 Å². The van der Waals surface area contributed by atoms with Crippen molar-refractivity contribution in [3.05, 3.63) is 20.8 Å². The van der Waals surface area contributed by atoms with Crippen LogP contribution in [0.25, 0.3) is 0 Å². The molecule has 0 saturated carbocycles. The molecule has 0 fully saturated rings. The molecule has 0 aromatic carbocycles. The molecule has 0 bridgehead atoms. The minimum Gasteiger partial charge on any atom is -0.466 e. The Morgan fingerprint density at radius 1 is 1.27 bits per heavy atom. The first kappa shape index (κ1) is 18.6. The molecule has 0 spiro atoms. The number of ether oxygens (including phenoxy) is 2. The normalized spacial score (nSPS) is 11.6. The van der Waals surface area contributed by atoms with Gasteiger partial charge in [0.2, 0.25) is 0 Å². The summed E-state index contributed by atoms with van der Waals surface area (Å²) in [6.45, 7) is 3.86. The number of halogens is 1. The van der Waals surface area contributed by atoms with Crippen LogP contribution >= 0.6 is 27.3 Å². The third-order valence-electron chi connectivity index (χ3n) is 2.68. The number of carbonyl (C=O) groups is 3. The summed E-state index contributed by atoms with van der Waals surface area (Å²) in [5, 5.41) is 4.36. The minimum absolute atomic E-state index is 0.0302.